The van der Waals surface area contributed by atoms with Crippen molar-refractivity contribution in [2.75, 3.05) is 21.1 Å². The van der Waals surface area contributed by atoms with E-state index in [0.717, 1.165) is 9.80 Å². The molecule has 0 unspecified atom stereocenters. The number of carbonyl (C=O) groups is 6. The van der Waals surface area contributed by atoms with Gasteiger partial charge >= 0.3 is 17.9 Å². The number of cyclic esters (lactones) is 3. The summed E-state index contributed by atoms with van der Waals surface area (Å²) < 4.78 is 17.3. The number of likely N-dealkylation sites (N-methyl/N-ethyl adjacent to an activating group) is 3. The molecule has 0 spiro atoms. The molecular weight excluding hydrogens is 610 g/mol. The minimum absolute atomic E-state index is 0.00108. The van der Waals surface area contributed by atoms with Crippen molar-refractivity contribution in [3.05, 3.63) is 0 Å². The van der Waals surface area contributed by atoms with Crippen molar-refractivity contribution in [3.63, 3.8) is 0 Å². The van der Waals surface area contributed by atoms with Crippen molar-refractivity contribution in [1.82, 2.24) is 14.7 Å². The SMILES string of the molecule is CC[C@@](C)(O)[C@H]1OC(=O)[C@H](C(C)C)N(C)C(=O)[C@@H](C(C)C)OC(=O)[C@H](C(C)C)N(C)C(=O)[C@@H](C(C)C)OC(=O)[C@H](C(C)C)N(C)C1=O. The van der Waals surface area contributed by atoms with Crippen LogP contribution in [0.5, 0.6) is 0 Å². The molecule has 1 saturated heterocycles. The average Bonchev–Trinajstić information content (AvgIpc) is 2.94. The molecule has 13 heteroatoms. The number of aliphatic hydroxyl groups is 1. The topological polar surface area (TPSA) is 160 Å². The van der Waals surface area contributed by atoms with Crippen molar-refractivity contribution in [3.8, 4) is 0 Å². The molecule has 0 aromatic heterocycles. The zero-order chi connectivity index (χ0) is 36.9. The maximum Gasteiger partial charge on any atom is 0.330 e. The van der Waals surface area contributed by atoms with E-state index in [0.29, 0.717) is 0 Å². The molecule has 47 heavy (non-hydrogen) atoms. The molecule has 1 N–H and O–H groups in total. The minimum Gasteiger partial charge on any atom is -0.450 e. The summed E-state index contributed by atoms with van der Waals surface area (Å²) in [5.41, 5.74) is -1.86. The largest absolute Gasteiger partial charge is 0.450 e. The van der Waals surface area contributed by atoms with Crippen LogP contribution in [0.2, 0.25) is 0 Å². The number of amides is 3. The number of nitrogens with zero attached hydrogens (tertiary/aromatic N) is 3. The molecule has 0 aliphatic carbocycles. The lowest BCUT2D eigenvalue weighted by atomic mass is 9.92. The lowest BCUT2D eigenvalue weighted by Crippen LogP contribution is -2.60. The molecule has 0 aromatic carbocycles. The maximum atomic E-state index is 14.1. The lowest BCUT2D eigenvalue weighted by Gasteiger charge is -2.40. The number of carbonyl (C=O) groups excluding carboxylic acids is 6. The molecule has 0 aromatic rings. The molecule has 3 amide bonds. The summed E-state index contributed by atoms with van der Waals surface area (Å²) in [5, 5.41) is 11.3. The van der Waals surface area contributed by atoms with Gasteiger partial charge in [-0.25, -0.2) is 14.4 Å². The molecule has 13 nitrogen and oxygen atoms in total. The van der Waals surface area contributed by atoms with Crippen LogP contribution in [0, 0.1) is 29.6 Å². The quantitative estimate of drug-likeness (QED) is 0.315. The Labute approximate surface area is 280 Å². The summed E-state index contributed by atoms with van der Waals surface area (Å²) in [4.78, 5) is 86.6. The fourth-order valence-electron chi connectivity index (χ4n) is 5.78. The molecule has 1 heterocycles. The minimum atomic E-state index is -1.86. The molecule has 1 aliphatic rings. The first-order valence-corrected chi connectivity index (χ1v) is 16.6. The Morgan fingerprint density at radius 3 is 1.09 bits per heavy atom. The second-order valence-electron chi connectivity index (χ2n) is 14.6. The van der Waals surface area contributed by atoms with Crippen LogP contribution in [-0.4, -0.2) is 119 Å². The highest BCUT2D eigenvalue weighted by molar-refractivity contribution is 5.94. The first-order valence-electron chi connectivity index (χ1n) is 16.6. The van der Waals surface area contributed by atoms with E-state index in [-0.39, 0.29) is 6.42 Å². The van der Waals surface area contributed by atoms with E-state index in [1.54, 1.807) is 76.2 Å². The van der Waals surface area contributed by atoms with Crippen molar-refractivity contribution in [2.45, 2.75) is 132 Å². The Kier molecular flexibility index (Phi) is 14.9. The van der Waals surface area contributed by atoms with E-state index in [1.807, 2.05) is 0 Å². The van der Waals surface area contributed by atoms with Crippen LogP contribution in [0.4, 0.5) is 0 Å². The molecule has 7 atom stereocenters. The van der Waals surface area contributed by atoms with Gasteiger partial charge in [0.15, 0.2) is 12.2 Å². The Morgan fingerprint density at radius 1 is 0.553 bits per heavy atom. The number of hydrogen-bond donors (Lipinski definition) is 1. The second kappa shape index (κ2) is 16.7. The van der Waals surface area contributed by atoms with E-state index >= 15 is 0 Å². The summed E-state index contributed by atoms with van der Waals surface area (Å²) in [6, 6.07) is -3.62. The monoisotopic (exact) mass is 669 g/mol. The highest BCUT2D eigenvalue weighted by Crippen LogP contribution is 2.27. The normalized spacial score (nSPS) is 28.1. The van der Waals surface area contributed by atoms with Crippen LogP contribution in [-0.2, 0) is 43.0 Å². The standard InChI is InChI=1S/C34H59N3O10/c1-16-34(12,44)27-30(40)37(15)23(18(4)5)32(42)46-25(20(8)9)28(38)35(13)22(17(2)3)31(41)45-26(21(10)11)29(39)36(14)24(19(6)7)33(43)47-27/h17-27,44H,16H2,1-15H3/t22-,23-,24-,25+,26+,27-,34+/m0/s1. The summed E-state index contributed by atoms with van der Waals surface area (Å²) in [7, 11) is 4.13. The third-order valence-electron chi connectivity index (χ3n) is 8.84. The molecule has 1 aliphatic heterocycles. The summed E-state index contributed by atoms with van der Waals surface area (Å²) >= 11 is 0. The Balaban J connectivity index is 4.03. The highest BCUT2D eigenvalue weighted by Gasteiger charge is 2.48. The van der Waals surface area contributed by atoms with Gasteiger partial charge in [-0.3, -0.25) is 14.4 Å². The number of rotatable bonds is 7. The van der Waals surface area contributed by atoms with Gasteiger partial charge in [-0.1, -0.05) is 76.2 Å². The second-order valence-corrected chi connectivity index (χ2v) is 14.6. The predicted molar refractivity (Wildman–Crippen MR) is 174 cm³/mol. The van der Waals surface area contributed by atoms with Crippen LogP contribution in [0.25, 0.3) is 0 Å². The van der Waals surface area contributed by atoms with Crippen LogP contribution in [0.3, 0.4) is 0 Å². The first-order chi connectivity index (χ1) is 21.4. The fourth-order valence-corrected chi connectivity index (χ4v) is 5.78. The molecule has 270 valence electrons. The van der Waals surface area contributed by atoms with Crippen LogP contribution in [0.1, 0.15) is 89.5 Å². The summed E-state index contributed by atoms with van der Waals surface area (Å²) in [5.74, 6) is -7.45. The third kappa shape index (κ3) is 9.67. The fraction of sp³-hybridized carbons (Fsp3) is 0.824. The molecule has 0 bridgehead atoms. The van der Waals surface area contributed by atoms with E-state index in [2.05, 4.69) is 0 Å². The number of esters is 3. The van der Waals surface area contributed by atoms with E-state index < -0.39 is 107 Å². The van der Waals surface area contributed by atoms with Crippen LogP contribution < -0.4 is 0 Å². The summed E-state index contributed by atoms with van der Waals surface area (Å²) in [6.07, 6.45) is -4.43. The van der Waals surface area contributed by atoms with Crippen molar-refractivity contribution in [1.29, 1.82) is 0 Å². The van der Waals surface area contributed by atoms with Gasteiger partial charge in [-0.15, -0.1) is 0 Å². The molecule has 1 fully saturated rings. The predicted octanol–water partition coefficient (Wildman–Crippen LogP) is 2.66. The van der Waals surface area contributed by atoms with Gasteiger partial charge in [0.2, 0.25) is 6.10 Å². The summed E-state index contributed by atoms with van der Waals surface area (Å²) in [6.45, 7) is 19.9. The lowest BCUT2D eigenvalue weighted by molar-refractivity contribution is -0.188. The highest BCUT2D eigenvalue weighted by atomic mass is 16.6. The molecular formula is C34H59N3O10. The van der Waals surface area contributed by atoms with Crippen LogP contribution in [0.15, 0.2) is 0 Å². The first kappa shape index (κ1) is 41.8. The third-order valence-corrected chi connectivity index (χ3v) is 8.84. The zero-order valence-corrected chi connectivity index (χ0v) is 31.0. The van der Waals surface area contributed by atoms with Crippen molar-refractivity contribution in [2.24, 2.45) is 29.6 Å². The van der Waals surface area contributed by atoms with Gasteiger partial charge in [0.1, 0.15) is 23.7 Å². The van der Waals surface area contributed by atoms with E-state index in [9.17, 15) is 33.9 Å². The van der Waals surface area contributed by atoms with Crippen molar-refractivity contribution >= 4 is 35.6 Å². The van der Waals surface area contributed by atoms with Gasteiger partial charge in [-0.2, -0.15) is 0 Å². The van der Waals surface area contributed by atoms with Crippen molar-refractivity contribution < 1.29 is 48.1 Å². The number of ether oxygens (including phenoxy) is 3. The van der Waals surface area contributed by atoms with Gasteiger partial charge in [0.05, 0.1) is 0 Å². The van der Waals surface area contributed by atoms with E-state index in [1.165, 1.54) is 33.0 Å². The van der Waals surface area contributed by atoms with Gasteiger partial charge < -0.3 is 34.0 Å². The molecule has 0 radical (unpaired) electrons. The van der Waals surface area contributed by atoms with Crippen LogP contribution >= 0.6 is 0 Å². The smallest absolute Gasteiger partial charge is 0.330 e. The maximum absolute atomic E-state index is 14.1. The molecule has 0 saturated carbocycles. The zero-order valence-electron chi connectivity index (χ0n) is 31.0. The van der Waals surface area contributed by atoms with E-state index in [4.69, 9.17) is 14.2 Å². The molecule has 1 rings (SSSR count). The Bertz CT molecular complexity index is 1140. The average molecular weight is 670 g/mol. The van der Waals surface area contributed by atoms with Gasteiger partial charge in [0, 0.05) is 21.1 Å². The Morgan fingerprint density at radius 2 is 0.830 bits per heavy atom. The number of hydrogen-bond acceptors (Lipinski definition) is 10. The Hall–Kier alpha value is -3.22. The van der Waals surface area contributed by atoms with Gasteiger partial charge in [0.25, 0.3) is 17.7 Å². The van der Waals surface area contributed by atoms with Gasteiger partial charge in [-0.05, 0) is 42.9 Å².